The zero-order chi connectivity index (χ0) is 49.4. The van der Waals surface area contributed by atoms with Crippen LogP contribution in [0.5, 0.6) is 0 Å². The van der Waals surface area contributed by atoms with E-state index < -0.39 is 0 Å². The summed E-state index contributed by atoms with van der Waals surface area (Å²) in [5.74, 6) is 0. The highest BCUT2D eigenvalue weighted by atomic mass is 16.3. The van der Waals surface area contributed by atoms with Gasteiger partial charge in [0.15, 0.2) is 0 Å². The molecule has 0 unspecified atom stereocenters. The van der Waals surface area contributed by atoms with Crippen LogP contribution in [-0.4, -0.2) is 4.57 Å². The van der Waals surface area contributed by atoms with Gasteiger partial charge in [-0.15, -0.1) is 0 Å². The summed E-state index contributed by atoms with van der Waals surface area (Å²) < 4.78 is 8.89. The van der Waals surface area contributed by atoms with Gasteiger partial charge in [0.05, 0.1) is 16.7 Å². The van der Waals surface area contributed by atoms with Crippen LogP contribution >= 0.6 is 0 Å². The highest BCUT2D eigenvalue weighted by molar-refractivity contribution is 6.26. The predicted molar refractivity (Wildman–Crippen MR) is 317 cm³/mol. The zero-order valence-electron chi connectivity index (χ0n) is 40.9. The number of hydrogen-bond acceptors (Lipinski definition) is 2. The number of rotatable bonds is 8. The summed E-state index contributed by atoms with van der Waals surface area (Å²) >= 11 is 0. The van der Waals surface area contributed by atoms with Crippen LogP contribution in [0.15, 0.2) is 283 Å². The second-order valence-corrected chi connectivity index (χ2v) is 19.6. The van der Waals surface area contributed by atoms with E-state index in [1.807, 2.05) is 12.1 Å². The van der Waals surface area contributed by atoms with Crippen molar-refractivity contribution in [3.05, 3.63) is 279 Å². The van der Waals surface area contributed by atoms with E-state index in [4.69, 9.17) is 4.42 Å². The van der Waals surface area contributed by atoms with E-state index >= 15 is 0 Å². The Kier molecular flexibility index (Phi) is 9.89. The van der Waals surface area contributed by atoms with Gasteiger partial charge in [0.1, 0.15) is 11.2 Å². The molecule has 3 heteroatoms. The molecular weight excluding hydrogens is 909 g/mol. The highest BCUT2D eigenvalue weighted by Gasteiger charge is 2.19. The van der Waals surface area contributed by atoms with E-state index in [0.29, 0.717) is 0 Å². The van der Waals surface area contributed by atoms with Crippen molar-refractivity contribution in [3.8, 4) is 50.2 Å². The predicted octanol–water partition coefficient (Wildman–Crippen LogP) is 20.3. The Morgan fingerprint density at radius 1 is 0.253 bits per heavy atom. The first-order valence-corrected chi connectivity index (χ1v) is 25.7. The van der Waals surface area contributed by atoms with Gasteiger partial charge < -0.3 is 13.9 Å². The molecule has 0 aliphatic heterocycles. The maximum atomic E-state index is 6.47. The number of furan rings is 1. The fourth-order valence-corrected chi connectivity index (χ4v) is 11.9. The lowest BCUT2D eigenvalue weighted by molar-refractivity contribution is 0.670. The van der Waals surface area contributed by atoms with Gasteiger partial charge >= 0.3 is 0 Å². The summed E-state index contributed by atoms with van der Waals surface area (Å²) in [5, 5.41) is 12.3. The number of hydrogen-bond donors (Lipinski definition) is 0. The normalized spacial score (nSPS) is 11.7. The third kappa shape index (κ3) is 7.05. The van der Waals surface area contributed by atoms with Crippen molar-refractivity contribution < 1.29 is 4.42 Å². The topological polar surface area (TPSA) is 21.3 Å². The van der Waals surface area contributed by atoms with Gasteiger partial charge in [-0.05, 0) is 138 Å². The summed E-state index contributed by atoms with van der Waals surface area (Å²) in [6, 6.07) is 101. The molecule has 0 amide bonds. The molecule has 0 fully saturated rings. The van der Waals surface area contributed by atoms with Gasteiger partial charge in [0.2, 0.25) is 0 Å². The SMILES string of the molecule is c1cc(-c2ccc(N(c3ccc(-c4cccc(-c5cccc6c5oc5ccccc56)c4)cc3)c3ccc4c5ccccc5c5ccccc5c4c3)cc2)cc(-c2ccccc2-n2c3ccccc3c3ccccc32)c1. The molecule has 0 aliphatic rings. The zero-order valence-corrected chi connectivity index (χ0v) is 40.9. The first-order valence-electron chi connectivity index (χ1n) is 25.7. The molecule has 0 atom stereocenters. The lowest BCUT2D eigenvalue weighted by atomic mass is 9.94. The molecular formula is C72H46N2O. The van der Waals surface area contributed by atoms with E-state index in [-0.39, 0.29) is 0 Å². The summed E-state index contributed by atoms with van der Waals surface area (Å²) in [6.45, 7) is 0. The smallest absolute Gasteiger partial charge is 0.143 e. The molecule has 3 nitrogen and oxygen atoms in total. The van der Waals surface area contributed by atoms with Crippen molar-refractivity contribution in [2.45, 2.75) is 0 Å². The lowest BCUT2D eigenvalue weighted by Crippen LogP contribution is -2.10. The van der Waals surface area contributed by atoms with Gasteiger partial charge in [0.25, 0.3) is 0 Å². The van der Waals surface area contributed by atoms with Gasteiger partial charge in [-0.1, -0.05) is 206 Å². The molecule has 0 saturated heterocycles. The maximum absolute atomic E-state index is 6.47. The number of benzene rings is 13. The highest BCUT2D eigenvalue weighted by Crippen LogP contribution is 2.44. The Bertz CT molecular complexity index is 4620. The monoisotopic (exact) mass is 954 g/mol. The Labute approximate surface area is 434 Å². The average Bonchev–Trinajstić information content (AvgIpc) is 4.07. The lowest BCUT2D eigenvalue weighted by Gasteiger charge is -2.27. The van der Waals surface area contributed by atoms with Crippen molar-refractivity contribution in [1.29, 1.82) is 0 Å². The number of fused-ring (bicyclic) bond motifs is 12. The standard InChI is InChI=1S/C72H46N2O/c1-2-23-60-58(21-1)59-22-3-4-24-61(59)67-46-55(42-43-62(60)67)73(54-40-36-48(37-41-54)50-17-14-19-52(45-50)57-28-15-29-66-65-27-8-12-33-71(65)75-72(57)66)53-38-34-47(35-39-53)49-16-13-18-51(44-49)56-20-5-9-30-68(56)74-69-31-10-6-25-63(69)64-26-7-11-32-70(64)74/h1-46H. The fourth-order valence-electron chi connectivity index (χ4n) is 11.9. The molecule has 0 aliphatic carbocycles. The van der Waals surface area contributed by atoms with Gasteiger partial charge in [-0.2, -0.15) is 0 Å². The summed E-state index contributed by atoms with van der Waals surface area (Å²) in [5.41, 5.74) is 17.8. The number of aromatic nitrogens is 1. The van der Waals surface area contributed by atoms with Crippen LogP contribution in [0.25, 0.3) is 126 Å². The van der Waals surface area contributed by atoms with Crippen molar-refractivity contribution >= 4 is 93.1 Å². The van der Waals surface area contributed by atoms with Crippen LogP contribution in [0.4, 0.5) is 17.1 Å². The molecule has 0 spiro atoms. The molecule has 2 heterocycles. The fraction of sp³-hybridized carbons (Fsp3) is 0. The Balaban J connectivity index is 0.824. The van der Waals surface area contributed by atoms with E-state index in [0.717, 1.165) is 78.1 Å². The second-order valence-electron chi connectivity index (χ2n) is 19.6. The van der Waals surface area contributed by atoms with Crippen molar-refractivity contribution in [2.75, 3.05) is 4.90 Å². The Morgan fingerprint density at radius 2 is 0.680 bits per heavy atom. The summed E-state index contributed by atoms with van der Waals surface area (Å²) in [6.07, 6.45) is 0. The molecule has 75 heavy (non-hydrogen) atoms. The van der Waals surface area contributed by atoms with Crippen LogP contribution in [-0.2, 0) is 0 Å². The third-order valence-corrected chi connectivity index (χ3v) is 15.4. The molecule has 350 valence electrons. The van der Waals surface area contributed by atoms with Crippen molar-refractivity contribution in [3.63, 3.8) is 0 Å². The van der Waals surface area contributed by atoms with E-state index in [1.165, 1.54) is 65.3 Å². The number of anilines is 3. The minimum Gasteiger partial charge on any atom is -0.455 e. The van der Waals surface area contributed by atoms with Crippen molar-refractivity contribution in [1.82, 2.24) is 4.57 Å². The minimum atomic E-state index is 0.904. The first kappa shape index (κ1) is 42.7. The van der Waals surface area contributed by atoms with Crippen molar-refractivity contribution in [2.24, 2.45) is 0 Å². The van der Waals surface area contributed by atoms with E-state index in [2.05, 4.69) is 276 Å². The van der Waals surface area contributed by atoms with Gasteiger partial charge in [-0.3, -0.25) is 0 Å². The van der Waals surface area contributed by atoms with E-state index in [9.17, 15) is 0 Å². The molecule has 0 radical (unpaired) electrons. The van der Waals surface area contributed by atoms with Crippen LogP contribution in [0.3, 0.4) is 0 Å². The molecule has 13 aromatic carbocycles. The van der Waals surface area contributed by atoms with E-state index in [1.54, 1.807) is 0 Å². The van der Waals surface area contributed by atoms with Gasteiger partial charge in [0, 0.05) is 49.7 Å². The maximum Gasteiger partial charge on any atom is 0.143 e. The van der Waals surface area contributed by atoms with Crippen LogP contribution in [0, 0.1) is 0 Å². The Morgan fingerprint density at radius 3 is 1.29 bits per heavy atom. The second kappa shape index (κ2) is 17.4. The molecule has 0 saturated carbocycles. The van der Waals surface area contributed by atoms with Crippen LogP contribution in [0.1, 0.15) is 0 Å². The first-order chi connectivity index (χ1) is 37.2. The molecule has 15 aromatic rings. The third-order valence-electron chi connectivity index (χ3n) is 15.4. The molecule has 2 aromatic heterocycles. The summed E-state index contributed by atoms with van der Waals surface area (Å²) in [4.78, 5) is 2.40. The quantitative estimate of drug-likeness (QED) is 0.142. The molecule has 0 N–H and O–H groups in total. The van der Waals surface area contributed by atoms with Gasteiger partial charge in [-0.25, -0.2) is 0 Å². The minimum absolute atomic E-state index is 0.904. The largest absolute Gasteiger partial charge is 0.455 e. The summed E-state index contributed by atoms with van der Waals surface area (Å²) in [7, 11) is 0. The van der Waals surface area contributed by atoms with Crippen LogP contribution < -0.4 is 4.90 Å². The Hall–Kier alpha value is -9.96. The number of para-hydroxylation sites is 5. The van der Waals surface area contributed by atoms with Crippen LogP contribution in [0.2, 0.25) is 0 Å². The molecule has 15 rings (SSSR count). The average molecular weight is 955 g/mol. The molecule has 0 bridgehead atoms. The number of nitrogens with zero attached hydrogens (tertiary/aromatic N) is 2.